The number of carbonyl (C=O) groups is 2. The molecule has 0 aliphatic heterocycles. The lowest BCUT2D eigenvalue weighted by atomic mass is 10.1. The molecular formula is C13H14N2O4S. The third-order valence-electron chi connectivity index (χ3n) is 2.72. The zero-order chi connectivity index (χ0) is 14.5. The first-order valence-electron chi connectivity index (χ1n) is 5.96. The first kappa shape index (κ1) is 14.3. The molecule has 1 aromatic heterocycles. The molecular weight excluding hydrogens is 280 g/mol. The Balaban J connectivity index is 2.09. The van der Waals surface area contributed by atoms with E-state index in [0.717, 1.165) is 15.6 Å². The summed E-state index contributed by atoms with van der Waals surface area (Å²) in [4.78, 5) is 22.0. The number of rotatable bonds is 6. The van der Waals surface area contributed by atoms with Crippen molar-refractivity contribution in [2.24, 2.45) is 5.73 Å². The highest BCUT2D eigenvalue weighted by molar-refractivity contribution is 7.21. The SMILES string of the molecule is NC(=O)OCCNCc1c(C(=O)O)sc2ccccc12. The molecule has 0 saturated carbocycles. The van der Waals surface area contributed by atoms with Gasteiger partial charge in [0.05, 0.1) is 0 Å². The molecule has 106 valence electrons. The number of amides is 1. The van der Waals surface area contributed by atoms with Gasteiger partial charge in [-0.15, -0.1) is 11.3 Å². The van der Waals surface area contributed by atoms with Crippen molar-refractivity contribution >= 4 is 33.5 Å². The minimum absolute atomic E-state index is 0.153. The number of ether oxygens (including phenoxy) is 1. The second-order valence-corrected chi connectivity index (χ2v) is 5.11. The van der Waals surface area contributed by atoms with E-state index >= 15 is 0 Å². The zero-order valence-electron chi connectivity index (χ0n) is 10.6. The van der Waals surface area contributed by atoms with E-state index in [4.69, 9.17) is 5.73 Å². The van der Waals surface area contributed by atoms with E-state index in [1.807, 2.05) is 24.3 Å². The molecule has 20 heavy (non-hydrogen) atoms. The Kier molecular flexibility index (Phi) is 4.54. The van der Waals surface area contributed by atoms with Crippen LogP contribution >= 0.6 is 11.3 Å². The van der Waals surface area contributed by atoms with E-state index in [-0.39, 0.29) is 6.61 Å². The highest BCUT2D eigenvalue weighted by atomic mass is 32.1. The van der Waals surface area contributed by atoms with Crippen molar-refractivity contribution in [1.29, 1.82) is 0 Å². The maximum absolute atomic E-state index is 11.3. The van der Waals surface area contributed by atoms with Gasteiger partial charge in [0.15, 0.2) is 0 Å². The smallest absolute Gasteiger partial charge is 0.404 e. The predicted octanol–water partition coefficient (Wildman–Crippen LogP) is 1.78. The number of hydrogen-bond acceptors (Lipinski definition) is 5. The average molecular weight is 294 g/mol. The fraction of sp³-hybridized carbons (Fsp3) is 0.231. The molecule has 1 heterocycles. The number of fused-ring (bicyclic) bond motifs is 1. The van der Waals surface area contributed by atoms with Gasteiger partial charge in [0.2, 0.25) is 0 Å². The van der Waals surface area contributed by atoms with Crippen molar-refractivity contribution in [3.05, 3.63) is 34.7 Å². The summed E-state index contributed by atoms with van der Waals surface area (Å²) in [6.45, 7) is 0.958. The lowest BCUT2D eigenvalue weighted by Gasteiger charge is -2.05. The molecule has 0 saturated heterocycles. The number of carbonyl (C=O) groups excluding carboxylic acids is 1. The van der Waals surface area contributed by atoms with Crippen LogP contribution in [0, 0.1) is 0 Å². The topological polar surface area (TPSA) is 102 Å². The second kappa shape index (κ2) is 6.36. The molecule has 1 amide bonds. The second-order valence-electron chi connectivity index (χ2n) is 4.06. The molecule has 4 N–H and O–H groups in total. The van der Waals surface area contributed by atoms with Crippen LogP contribution in [0.4, 0.5) is 4.79 Å². The molecule has 0 aliphatic rings. The van der Waals surface area contributed by atoms with Gasteiger partial charge in [-0.3, -0.25) is 0 Å². The number of nitrogens with one attached hydrogen (secondary N) is 1. The quantitative estimate of drug-likeness (QED) is 0.705. The van der Waals surface area contributed by atoms with Gasteiger partial charge in [-0.05, 0) is 17.0 Å². The highest BCUT2D eigenvalue weighted by Gasteiger charge is 2.16. The van der Waals surface area contributed by atoms with E-state index in [2.05, 4.69) is 10.1 Å². The number of carboxylic acid groups (broad SMARTS) is 1. The summed E-state index contributed by atoms with van der Waals surface area (Å²) in [5.41, 5.74) is 5.59. The van der Waals surface area contributed by atoms with Crippen LogP contribution in [0.25, 0.3) is 10.1 Å². The molecule has 6 nitrogen and oxygen atoms in total. The molecule has 0 radical (unpaired) electrons. The Morgan fingerprint density at radius 2 is 2.10 bits per heavy atom. The molecule has 2 rings (SSSR count). The average Bonchev–Trinajstić information content (AvgIpc) is 2.77. The van der Waals surface area contributed by atoms with E-state index < -0.39 is 12.1 Å². The van der Waals surface area contributed by atoms with Crippen molar-refractivity contribution in [1.82, 2.24) is 5.32 Å². The molecule has 0 aliphatic carbocycles. The molecule has 0 spiro atoms. The number of aromatic carboxylic acids is 1. The van der Waals surface area contributed by atoms with Crippen molar-refractivity contribution in [2.45, 2.75) is 6.54 Å². The Hall–Kier alpha value is -2.12. The van der Waals surface area contributed by atoms with Gasteiger partial charge in [0, 0.05) is 17.8 Å². The van der Waals surface area contributed by atoms with Crippen LogP contribution < -0.4 is 11.1 Å². The van der Waals surface area contributed by atoms with Crippen LogP contribution in [-0.2, 0) is 11.3 Å². The fourth-order valence-corrected chi connectivity index (χ4v) is 2.94. The van der Waals surface area contributed by atoms with Crippen LogP contribution in [0.15, 0.2) is 24.3 Å². The van der Waals surface area contributed by atoms with Crippen molar-refractivity contribution in [2.75, 3.05) is 13.2 Å². The first-order chi connectivity index (χ1) is 9.59. The van der Waals surface area contributed by atoms with Crippen LogP contribution in [0.3, 0.4) is 0 Å². The van der Waals surface area contributed by atoms with Gasteiger partial charge in [0.25, 0.3) is 0 Å². The van der Waals surface area contributed by atoms with Gasteiger partial charge in [-0.1, -0.05) is 18.2 Å². The van der Waals surface area contributed by atoms with Gasteiger partial charge in [-0.25, -0.2) is 9.59 Å². The van der Waals surface area contributed by atoms with Crippen LogP contribution in [0.2, 0.25) is 0 Å². The summed E-state index contributed by atoms with van der Waals surface area (Å²) in [5, 5.41) is 13.2. The largest absolute Gasteiger partial charge is 0.477 e. The van der Waals surface area contributed by atoms with Crippen molar-refractivity contribution < 1.29 is 19.4 Å². The molecule has 0 unspecified atom stereocenters. The summed E-state index contributed by atoms with van der Waals surface area (Å²) >= 11 is 1.26. The summed E-state index contributed by atoms with van der Waals surface area (Å²) in [6.07, 6.45) is -0.820. The van der Waals surface area contributed by atoms with Gasteiger partial charge >= 0.3 is 12.1 Å². The van der Waals surface area contributed by atoms with E-state index in [0.29, 0.717) is 18.0 Å². The van der Waals surface area contributed by atoms with Crippen molar-refractivity contribution in [3.63, 3.8) is 0 Å². The Morgan fingerprint density at radius 1 is 1.35 bits per heavy atom. The molecule has 1 aromatic carbocycles. The van der Waals surface area contributed by atoms with E-state index in [9.17, 15) is 14.7 Å². The minimum Gasteiger partial charge on any atom is -0.477 e. The third kappa shape index (κ3) is 3.25. The number of nitrogens with two attached hydrogens (primary N) is 1. The van der Waals surface area contributed by atoms with Gasteiger partial charge in [-0.2, -0.15) is 0 Å². The zero-order valence-corrected chi connectivity index (χ0v) is 11.4. The molecule has 2 aromatic rings. The maximum Gasteiger partial charge on any atom is 0.404 e. The lowest BCUT2D eigenvalue weighted by molar-refractivity contribution is 0.0701. The number of hydrogen-bond donors (Lipinski definition) is 3. The number of thiophene rings is 1. The van der Waals surface area contributed by atoms with Crippen molar-refractivity contribution in [3.8, 4) is 0 Å². The standard InChI is InChI=1S/C13H14N2O4S/c14-13(18)19-6-5-15-7-9-8-3-1-2-4-10(8)20-11(9)12(16)17/h1-4,15H,5-7H2,(H2,14,18)(H,16,17). The fourth-order valence-electron chi connectivity index (χ4n) is 1.88. The summed E-state index contributed by atoms with van der Waals surface area (Å²) in [7, 11) is 0. The Morgan fingerprint density at radius 3 is 2.80 bits per heavy atom. The number of carboxylic acids is 1. The van der Waals surface area contributed by atoms with Crippen LogP contribution in [0.1, 0.15) is 15.2 Å². The van der Waals surface area contributed by atoms with Gasteiger partial charge in [0.1, 0.15) is 11.5 Å². The monoisotopic (exact) mass is 294 g/mol. The van der Waals surface area contributed by atoms with E-state index in [1.54, 1.807) is 0 Å². The minimum atomic E-state index is -0.934. The maximum atomic E-state index is 11.3. The lowest BCUT2D eigenvalue weighted by Crippen LogP contribution is -2.23. The Bertz CT molecular complexity index is 638. The first-order valence-corrected chi connectivity index (χ1v) is 6.78. The van der Waals surface area contributed by atoms with Gasteiger partial charge < -0.3 is 20.9 Å². The highest BCUT2D eigenvalue weighted by Crippen LogP contribution is 2.31. The molecule has 0 atom stereocenters. The third-order valence-corrected chi connectivity index (χ3v) is 3.92. The Labute approximate surface area is 119 Å². The predicted molar refractivity (Wildman–Crippen MR) is 76.0 cm³/mol. The number of primary amides is 1. The van der Waals surface area contributed by atoms with E-state index in [1.165, 1.54) is 11.3 Å². The van der Waals surface area contributed by atoms with Crippen LogP contribution in [-0.4, -0.2) is 30.3 Å². The summed E-state index contributed by atoms with van der Waals surface area (Å²) < 4.78 is 5.53. The normalized spacial score (nSPS) is 10.6. The van der Waals surface area contributed by atoms with Crippen LogP contribution in [0.5, 0.6) is 0 Å². The molecule has 0 bridgehead atoms. The summed E-state index contributed by atoms with van der Waals surface area (Å²) in [5.74, 6) is -0.934. The molecule has 0 fully saturated rings. The number of benzene rings is 1. The summed E-state index contributed by atoms with van der Waals surface area (Å²) in [6, 6.07) is 7.55. The molecule has 7 heteroatoms.